The summed E-state index contributed by atoms with van der Waals surface area (Å²) in [4.78, 5) is 23.0. The molecule has 0 N–H and O–H groups in total. The van der Waals surface area contributed by atoms with Crippen molar-refractivity contribution in [1.82, 2.24) is 14.9 Å². The van der Waals surface area contributed by atoms with Crippen LogP contribution in [0.15, 0.2) is 36.7 Å². The van der Waals surface area contributed by atoms with Crippen molar-refractivity contribution in [3.8, 4) is 17.5 Å². The largest absolute Gasteiger partial charge is 0.494 e. The van der Waals surface area contributed by atoms with E-state index in [1.165, 1.54) is 7.11 Å². The smallest absolute Gasteiger partial charge is 0.278 e. The summed E-state index contributed by atoms with van der Waals surface area (Å²) in [5.74, 6) is 1.50. The van der Waals surface area contributed by atoms with Crippen LogP contribution < -0.4 is 14.2 Å². The Kier molecular flexibility index (Phi) is 7.06. The molecule has 0 bridgehead atoms. The fraction of sp³-hybridized carbons (Fsp3) is 0.476. The van der Waals surface area contributed by atoms with Gasteiger partial charge in [0.15, 0.2) is 0 Å². The summed E-state index contributed by atoms with van der Waals surface area (Å²) >= 11 is 0. The topological polar surface area (TPSA) is 73.8 Å². The molecule has 2 heterocycles. The summed E-state index contributed by atoms with van der Waals surface area (Å²) in [7, 11) is 1.53. The van der Waals surface area contributed by atoms with Crippen molar-refractivity contribution in [3.63, 3.8) is 0 Å². The highest BCUT2D eigenvalue weighted by Gasteiger charge is 2.27. The standard InChI is InChI=1S/C21H27N3O4/c1-3-4-14-27-17-9-7-16(8-10-17)21(25)24-13-5-6-18(15-24)28-20-19(26-2)22-11-12-23-20/h7-12,18H,3-6,13-15H2,1-2H3. The minimum Gasteiger partial charge on any atom is -0.494 e. The highest BCUT2D eigenvalue weighted by molar-refractivity contribution is 5.94. The van der Waals surface area contributed by atoms with Crippen LogP contribution in [0.25, 0.3) is 0 Å². The molecule has 1 aromatic carbocycles. The van der Waals surface area contributed by atoms with Gasteiger partial charge in [0.25, 0.3) is 17.7 Å². The Morgan fingerprint density at radius 3 is 2.64 bits per heavy atom. The Bertz CT molecular complexity index is 767. The number of carbonyl (C=O) groups excluding carboxylic acids is 1. The number of piperidine rings is 1. The van der Waals surface area contributed by atoms with Gasteiger partial charge < -0.3 is 19.1 Å². The Hall–Kier alpha value is -2.83. The maximum Gasteiger partial charge on any atom is 0.278 e. The molecule has 1 fully saturated rings. The maximum absolute atomic E-state index is 12.9. The number of methoxy groups -OCH3 is 1. The number of ether oxygens (including phenoxy) is 3. The number of amides is 1. The Morgan fingerprint density at radius 2 is 1.93 bits per heavy atom. The first-order valence-corrected chi connectivity index (χ1v) is 9.75. The molecule has 1 amide bonds. The van der Waals surface area contributed by atoms with Gasteiger partial charge in [0, 0.05) is 24.5 Å². The molecule has 0 aliphatic carbocycles. The molecule has 3 rings (SSSR count). The number of benzene rings is 1. The van der Waals surface area contributed by atoms with Crippen molar-refractivity contribution in [3.05, 3.63) is 42.2 Å². The predicted octanol–water partition coefficient (Wildman–Crippen LogP) is 3.35. The van der Waals surface area contributed by atoms with Crippen molar-refractivity contribution in [1.29, 1.82) is 0 Å². The lowest BCUT2D eigenvalue weighted by atomic mass is 10.1. The predicted molar refractivity (Wildman–Crippen MR) is 105 cm³/mol. The Morgan fingerprint density at radius 1 is 1.18 bits per heavy atom. The van der Waals surface area contributed by atoms with E-state index in [1.54, 1.807) is 12.4 Å². The third-order valence-corrected chi connectivity index (χ3v) is 4.64. The van der Waals surface area contributed by atoms with Gasteiger partial charge in [0.05, 0.1) is 20.3 Å². The zero-order valence-electron chi connectivity index (χ0n) is 16.5. The maximum atomic E-state index is 12.9. The van der Waals surface area contributed by atoms with Gasteiger partial charge in [-0.25, -0.2) is 9.97 Å². The van der Waals surface area contributed by atoms with E-state index in [1.807, 2.05) is 29.2 Å². The molecule has 0 spiro atoms. The van der Waals surface area contributed by atoms with Gasteiger partial charge >= 0.3 is 0 Å². The van der Waals surface area contributed by atoms with Crippen LogP contribution in [0.2, 0.25) is 0 Å². The number of carbonyl (C=O) groups is 1. The molecule has 7 heteroatoms. The molecule has 150 valence electrons. The SMILES string of the molecule is CCCCOc1ccc(C(=O)N2CCCC(Oc3nccnc3OC)C2)cc1. The second kappa shape index (κ2) is 9.92. The van der Waals surface area contributed by atoms with E-state index in [-0.39, 0.29) is 12.0 Å². The van der Waals surface area contributed by atoms with Gasteiger partial charge in [0.2, 0.25) is 0 Å². The van der Waals surface area contributed by atoms with E-state index < -0.39 is 0 Å². The number of unbranched alkanes of at least 4 members (excludes halogenated alkanes) is 1. The van der Waals surface area contributed by atoms with Crippen LogP contribution in [0.3, 0.4) is 0 Å². The lowest BCUT2D eigenvalue weighted by Crippen LogP contribution is -2.44. The average Bonchev–Trinajstić information content (AvgIpc) is 2.74. The average molecular weight is 385 g/mol. The van der Waals surface area contributed by atoms with Crippen molar-refractivity contribution in [2.45, 2.75) is 38.7 Å². The number of rotatable bonds is 8. The lowest BCUT2D eigenvalue weighted by molar-refractivity contribution is 0.0519. The van der Waals surface area contributed by atoms with Gasteiger partial charge in [-0.1, -0.05) is 13.3 Å². The summed E-state index contributed by atoms with van der Waals surface area (Å²) < 4.78 is 16.8. The minimum atomic E-state index is -0.139. The van der Waals surface area contributed by atoms with Crippen LogP contribution in [0.5, 0.6) is 17.5 Å². The third kappa shape index (κ3) is 5.12. The second-order valence-corrected chi connectivity index (χ2v) is 6.73. The molecule has 0 saturated carbocycles. The Balaban J connectivity index is 1.59. The normalized spacial score (nSPS) is 16.5. The van der Waals surface area contributed by atoms with Crippen LogP contribution in [-0.2, 0) is 0 Å². The van der Waals surface area contributed by atoms with E-state index in [0.29, 0.717) is 37.0 Å². The molecule has 1 saturated heterocycles. The van der Waals surface area contributed by atoms with Crippen LogP contribution >= 0.6 is 0 Å². The van der Waals surface area contributed by atoms with Crippen molar-refractivity contribution in [2.75, 3.05) is 26.8 Å². The number of aromatic nitrogens is 2. The van der Waals surface area contributed by atoms with E-state index >= 15 is 0 Å². The van der Waals surface area contributed by atoms with Gasteiger partial charge in [-0.15, -0.1) is 0 Å². The van der Waals surface area contributed by atoms with Crippen molar-refractivity contribution in [2.24, 2.45) is 0 Å². The molecule has 2 aromatic rings. The van der Waals surface area contributed by atoms with E-state index in [9.17, 15) is 4.79 Å². The fourth-order valence-electron chi connectivity index (χ4n) is 3.12. The summed E-state index contributed by atoms with van der Waals surface area (Å²) in [6.45, 7) is 4.04. The van der Waals surface area contributed by atoms with Gasteiger partial charge in [-0.3, -0.25) is 4.79 Å². The number of hydrogen-bond acceptors (Lipinski definition) is 6. The zero-order chi connectivity index (χ0) is 19.8. The molecular weight excluding hydrogens is 358 g/mol. The van der Waals surface area contributed by atoms with Crippen LogP contribution in [0.1, 0.15) is 43.0 Å². The molecule has 0 radical (unpaired) electrons. The second-order valence-electron chi connectivity index (χ2n) is 6.73. The highest BCUT2D eigenvalue weighted by Crippen LogP contribution is 2.24. The van der Waals surface area contributed by atoms with Crippen LogP contribution in [0.4, 0.5) is 0 Å². The molecule has 1 atom stereocenters. The first-order chi connectivity index (χ1) is 13.7. The monoisotopic (exact) mass is 385 g/mol. The van der Waals surface area contributed by atoms with Crippen molar-refractivity contribution >= 4 is 5.91 Å². The first-order valence-electron chi connectivity index (χ1n) is 9.75. The molecule has 7 nitrogen and oxygen atoms in total. The summed E-state index contributed by atoms with van der Waals surface area (Å²) in [6, 6.07) is 7.34. The molecule has 1 aliphatic heterocycles. The third-order valence-electron chi connectivity index (χ3n) is 4.64. The minimum absolute atomic E-state index is 0.000445. The molecule has 1 aromatic heterocycles. The van der Waals surface area contributed by atoms with E-state index in [0.717, 1.165) is 31.4 Å². The summed E-state index contributed by atoms with van der Waals surface area (Å²) in [5, 5.41) is 0. The number of nitrogens with zero attached hydrogens (tertiary/aromatic N) is 3. The fourth-order valence-corrected chi connectivity index (χ4v) is 3.12. The first kappa shape index (κ1) is 19.9. The number of likely N-dealkylation sites (tertiary alicyclic amines) is 1. The highest BCUT2D eigenvalue weighted by atomic mass is 16.5. The van der Waals surface area contributed by atoms with E-state index in [2.05, 4.69) is 16.9 Å². The zero-order valence-corrected chi connectivity index (χ0v) is 16.5. The number of hydrogen-bond donors (Lipinski definition) is 0. The van der Waals surface area contributed by atoms with Crippen LogP contribution in [0, 0.1) is 0 Å². The molecule has 1 unspecified atom stereocenters. The summed E-state index contributed by atoms with van der Waals surface area (Å²) in [5.41, 5.74) is 0.653. The van der Waals surface area contributed by atoms with Gasteiger partial charge in [0.1, 0.15) is 11.9 Å². The lowest BCUT2D eigenvalue weighted by Gasteiger charge is -2.32. The van der Waals surface area contributed by atoms with Crippen LogP contribution in [-0.4, -0.2) is 53.7 Å². The molecule has 28 heavy (non-hydrogen) atoms. The van der Waals surface area contributed by atoms with Gasteiger partial charge in [-0.2, -0.15) is 0 Å². The quantitative estimate of drug-likeness (QED) is 0.649. The molecular formula is C21H27N3O4. The van der Waals surface area contributed by atoms with Crippen molar-refractivity contribution < 1.29 is 19.0 Å². The Labute approximate surface area is 165 Å². The molecule has 1 aliphatic rings. The van der Waals surface area contributed by atoms with Gasteiger partial charge in [-0.05, 0) is 43.5 Å². The van der Waals surface area contributed by atoms with E-state index in [4.69, 9.17) is 14.2 Å². The summed E-state index contributed by atoms with van der Waals surface area (Å²) in [6.07, 6.45) is 6.82.